The Kier molecular flexibility index (Phi) is 5.97. The van der Waals surface area contributed by atoms with Gasteiger partial charge in [-0.1, -0.05) is 54.2 Å². The van der Waals surface area contributed by atoms with Crippen molar-refractivity contribution in [2.45, 2.75) is 18.1 Å². The van der Waals surface area contributed by atoms with Crippen molar-refractivity contribution in [2.75, 3.05) is 18.7 Å². The Morgan fingerprint density at radius 3 is 2.63 bits per heavy atom. The van der Waals surface area contributed by atoms with Crippen molar-refractivity contribution < 1.29 is 9.53 Å². The van der Waals surface area contributed by atoms with E-state index in [1.807, 2.05) is 61.5 Å². The zero-order valence-corrected chi connectivity index (χ0v) is 15.9. The van der Waals surface area contributed by atoms with Gasteiger partial charge in [0.25, 0.3) is 0 Å². The second-order valence-electron chi connectivity index (χ2n) is 5.87. The molecule has 1 heterocycles. The van der Waals surface area contributed by atoms with Gasteiger partial charge >= 0.3 is 0 Å². The molecule has 8 heteroatoms. The quantitative estimate of drug-likeness (QED) is 0.481. The van der Waals surface area contributed by atoms with E-state index < -0.39 is 0 Å². The summed E-state index contributed by atoms with van der Waals surface area (Å²) < 4.78 is 6.71. The summed E-state index contributed by atoms with van der Waals surface area (Å²) in [5.41, 5.74) is 1.79. The van der Waals surface area contributed by atoms with Gasteiger partial charge < -0.3 is 15.9 Å². The lowest BCUT2D eigenvalue weighted by Gasteiger charge is -2.14. The van der Waals surface area contributed by atoms with Crippen molar-refractivity contribution in [3.8, 4) is 17.1 Å². The van der Waals surface area contributed by atoms with Crippen LogP contribution in [-0.2, 0) is 4.79 Å². The fraction of sp³-hybridized carbons (Fsp3) is 0.211. The van der Waals surface area contributed by atoms with Gasteiger partial charge in [0.1, 0.15) is 5.75 Å². The van der Waals surface area contributed by atoms with Gasteiger partial charge in [-0.25, -0.2) is 4.68 Å². The van der Waals surface area contributed by atoms with Crippen molar-refractivity contribution in [1.82, 2.24) is 20.2 Å². The summed E-state index contributed by atoms with van der Waals surface area (Å²) in [7, 11) is 1.59. The molecule has 7 nitrogen and oxygen atoms in total. The average Bonchev–Trinajstić information content (AvgIpc) is 3.07. The fourth-order valence-electron chi connectivity index (χ4n) is 2.63. The number of nitrogens with zero attached hydrogens (tertiary/aromatic N) is 3. The molecule has 0 unspecified atom stereocenters. The summed E-state index contributed by atoms with van der Waals surface area (Å²) >= 11 is 1.23. The molecule has 0 aliphatic rings. The molecular formula is C19H21N5O2S. The van der Waals surface area contributed by atoms with Crippen LogP contribution in [0.15, 0.2) is 59.8 Å². The van der Waals surface area contributed by atoms with E-state index in [0.717, 1.165) is 11.1 Å². The maximum atomic E-state index is 12.2. The SMILES string of the molecule is COc1ccccc1-c1nnc(SCC(=O)N[C@@H](C)c2ccccc2)n1N. The Labute approximate surface area is 161 Å². The minimum absolute atomic E-state index is 0.0702. The highest BCUT2D eigenvalue weighted by Gasteiger charge is 2.17. The second kappa shape index (κ2) is 8.59. The number of hydrogen-bond acceptors (Lipinski definition) is 6. The van der Waals surface area contributed by atoms with Crippen LogP contribution in [0, 0.1) is 0 Å². The first kappa shape index (κ1) is 18.8. The molecule has 140 valence electrons. The number of ether oxygens (including phenoxy) is 1. The molecule has 27 heavy (non-hydrogen) atoms. The van der Waals surface area contributed by atoms with Gasteiger partial charge in [-0.05, 0) is 24.6 Å². The number of hydrogen-bond donors (Lipinski definition) is 2. The van der Waals surface area contributed by atoms with E-state index in [1.54, 1.807) is 7.11 Å². The summed E-state index contributed by atoms with van der Waals surface area (Å²) in [4.78, 5) is 12.2. The van der Waals surface area contributed by atoms with Crippen molar-refractivity contribution in [2.24, 2.45) is 0 Å². The van der Waals surface area contributed by atoms with Crippen LogP contribution in [0.5, 0.6) is 5.75 Å². The minimum Gasteiger partial charge on any atom is -0.496 e. The van der Waals surface area contributed by atoms with E-state index in [-0.39, 0.29) is 17.7 Å². The molecular weight excluding hydrogens is 362 g/mol. The molecule has 3 aromatic rings. The molecule has 0 spiro atoms. The van der Waals surface area contributed by atoms with Crippen LogP contribution in [-0.4, -0.2) is 33.6 Å². The molecule has 2 aromatic carbocycles. The zero-order chi connectivity index (χ0) is 19.2. The summed E-state index contributed by atoms with van der Waals surface area (Å²) in [6.07, 6.45) is 0. The lowest BCUT2D eigenvalue weighted by atomic mass is 10.1. The predicted octanol–water partition coefficient (Wildman–Crippen LogP) is 2.64. The Morgan fingerprint density at radius 1 is 1.19 bits per heavy atom. The van der Waals surface area contributed by atoms with E-state index in [1.165, 1.54) is 16.4 Å². The van der Waals surface area contributed by atoms with Gasteiger partial charge in [-0.3, -0.25) is 4.79 Å². The number of thioether (sulfide) groups is 1. The summed E-state index contributed by atoms with van der Waals surface area (Å²) in [5.74, 6) is 7.35. The Balaban J connectivity index is 1.64. The summed E-state index contributed by atoms with van der Waals surface area (Å²) in [6.45, 7) is 1.95. The van der Waals surface area contributed by atoms with Gasteiger partial charge in [-0.15, -0.1) is 10.2 Å². The first-order chi connectivity index (χ1) is 13.1. The number of methoxy groups -OCH3 is 1. The lowest BCUT2D eigenvalue weighted by molar-refractivity contribution is -0.119. The van der Waals surface area contributed by atoms with Gasteiger partial charge in [0.15, 0.2) is 5.82 Å². The number of para-hydroxylation sites is 1. The topological polar surface area (TPSA) is 95.1 Å². The number of benzene rings is 2. The van der Waals surface area contributed by atoms with Crippen LogP contribution >= 0.6 is 11.8 Å². The smallest absolute Gasteiger partial charge is 0.230 e. The maximum absolute atomic E-state index is 12.2. The molecule has 1 amide bonds. The largest absolute Gasteiger partial charge is 0.496 e. The van der Waals surface area contributed by atoms with E-state index in [4.69, 9.17) is 10.6 Å². The van der Waals surface area contributed by atoms with Crippen molar-refractivity contribution in [1.29, 1.82) is 0 Å². The number of carbonyl (C=O) groups excluding carboxylic acids is 1. The van der Waals surface area contributed by atoms with E-state index in [0.29, 0.717) is 16.7 Å². The highest BCUT2D eigenvalue weighted by molar-refractivity contribution is 7.99. The maximum Gasteiger partial charge on any atom is 0.230 e. The number of carbonyl (C=O) groups is 1. The lowest BCUT2D eigenvalue weighted by Crippen LogP contribution is -2.28. The van der Waals surface area contributed by atoms with E-state index in [2.05, 4.69) is 15.5 Å². The first-order valence-electron chi connectivity index (χ1n) is 8.41. The number of amides is 1. The third-order valence-corrected chi connectivity index (χ3v) is 4.96. The Hall–Kier alpha value is -3.00. The molecule has 0 radical (unpaired) electrons. The third kappa shape index (κ3) is 4.40. The van der Waals surface area contributed by atoms with Crippen LogP contribution < -0.4 is 15.9 Å². The van der Waals surface area contributed by atoms with Gasteiger partial charge in [0.2, 0.25) is 11.1 Å². The molecule has 1 aromatic heterocycles. The van der Waals surface area contributed by atoms with Crippen LogP contribution in [0.4, 0.5) is 0 Å². The summed E-state index contributed by atoms with van der Waals surface area (Å²) in [5, 5.41) is 11.7. The molecule has 0 aliphatic heterocycles. The third-order valence-electron chi connectivity index (χ3n) is 4.02. The van der Waals surface area contributed by atoms with Gasteiger partial charge in [-0.2, -0.15) is 0 Å². The molecule has 3 rings (SSSR count). The van der Waals surface area contributed by atoms with E-state index in [9.17, 15) is 4.79 Å². The number of nitrogens with one attached hydrogen (secondary N) is 1. The average molecular weight is 383 g/mol. The van der Waals surface area contributed by atoms with Crippen LogP contribution in [0.1, 0.15) is 18.5 Å². The normalized spacial score (nSPS) is 11.8. The minimum atomic E-state index is -0.0989. The predicted molar refractivity (Wildman–Crippen MR) is 106 cm³/mol. The standard InChI is InChI=1S/C19H21N5O2S/c1-13(14-8-4-3-5-9-14)21-17(25)12-27-19-23-22-18(24(19)20)15-10-6-7-11-16(15)26-2/h3-11,13H,12,20H2,1-2H3,(H,21,25)/t13-/m0/s1. The molecule has 0 fully saturated rings. The Bertz CT molecular complexity index is 913. The monoisotopic (exact) mass is 383 g/mol. The number of aromatic nitrogens is 3. The molecule has 0 bridgehead atoms. The number of nitrogen functional groups attached to an aromatic ring is 1. The Morgan fingerprint density at radius 2 is 1.89 bits per heavy atom. The molecule has 0 aliphatic carbocycles. The number of nitrogens with two attached hydrogens (primary N) is 1. The first-order valence-corrected chi connectivity index (χ1v) is 9.39. The van der Waals surface area contributed by atoms with Gasteiger partial charge in [0, 0.05) is 0 Å². The highest BCUT2D eigenvalue weighted by Crippen LogP contribution is 2.29. The summed E-state index contributed by atoms with van der Waals surface area (Å²) in [6, 6.07) is 17.2. The number of rotatable bonds is 7. The zero-order valence-electron chi connectivity index (χ0n) is 15.1. The molecule has 0 saturated carbocycles. The van der Waals surface area contributed by atoms with E-state index >= 15 is 0 Å². The molecule has 3 N–H and O–H groups in total. The molecule has 0 saturated heterocycles. The van der Waals surface area contributed by atoms with Gasteiger partial charge in [0.05, 0.1) is 24.5 Å². The second-order valence-corrected chi connectivity index (χ2v) is 6.81. The van der Waals surface area contributed by atoms with Crippen LogP contribution in [0.2, 0.25) is 0 Å². The molecule has 1 atom stereocenters. The van der Waals surface area contributed by atoms with Crippen LogP contribution in [0.3, 0.4) is 0 Å². The van der Waals surface area contributed by atoms with Crippen molar-refractivity contribution >= 4 is 17.7 Å². The highest BCUT2D eigenvalue weighted by atomic mass is 32.2. The van der Waals surface area contributed by atoms with Crippen LogP contribution in [0.25, 0.3) is 11.4 Å². The van der Waals surface area contributed by atoms with Crippen molar-refractivity contribution in [3.63, 3.8) is 0 Å². The fourth-order valence-corrected chi connectivity index (χ4v) is 3.29. The van der Waals surface area contributed by atoms with Crippen molar-refractivity contribution in [3.05, 3.63) is 60.2 Å².